The Morgan fingerprint density at radius 1 is 1.21 bits per heavy atom. The van der Waals surface area contributed by atoms with Gasteiger partial charge >= 0.3 is 0 Å². The van der Waals surface area contributed by atoms with Gasteiger partial charge in [-0.2, -0.15) is 0 Å². The molecular weight excluding hydrogens is 238 g/mol. The standard InChI is InChI=1S/C15H23N3O/c1-13-17-14-7-3-4-8-15(14)18(13)11-6-5-9-16-10-12-19-2/h3-4,7-8,16H,5-6,9-12H2,1-2H3. The van der Waals surface area contributed by atoms with E-state index in [1.54, 1.807) is 7.11 Å². The normalized spacial score (nSPS) is 11.3. The lowest BCUT2D eigenvalue weighted by Gasteiger charge is -2.07. The van der Waals surface area contributed by atoms with Crippen LogP contribution < -0.4 is 5.32 Å². The molecule has 0 saturated carbocycles. The average molecular weight is 261 g/mol. The van der Waals surface area contributed by atoms with Gasteiger partial charge in [0.25, 0.3) is 0 Å². The van der Waals surface area contributed by atoms with Crippen LogP contribution in [0.4, 0.5) is 0 Å². The molecule has 4 nitrogen and oxygen atoms in total. The van der Waals surface area contributed by atoms with Crippen molar-refractivity contribution in [2.24, 2.45) is 0 Å². The molecule has 0 atom stereocenters. The van der Waals surface area contributed by atoms with Crippen molar-refractivity contribution >= 4 is 11.0 Å². The Morgan fingerprint density at radius 3 is 2.89 bits per heavy atom. The zero-order valence-corrected chi connectivity index (χ0v) is 11.9. The summed E-state index contributed by atoms with van der Waals surface area (Å²) in [6.45, 7) is 5.89. The third-order valence-electron chi connectivity index (χ3n) is 3.31. The molecule has 0 saturated heterocycles. The lowest BCUT2D eigenvalue weighted by Crippen LogP contribution is -2.20. The van der Waals surface area contributed by atoms with Crippen LogP contribution in [0.15, 0.2) is 24.3 Å². The number of aryl methyl sites for hydroxylation is 2. The molecule has 0 spiro atoms. The zero-order valence-electron chi connectivity index (χ0n) is 11.9. The number of ether oxygens (including phenoxy) is 1. The average Bonchev–Trinajstić information content (AvgIpc) is 2.74. The van der Waals surface area contributed by atoms with Crippen LogP contribution in [-0.4, -0.2) is 36.4 Å². The molecule has 0 aliphatic rings. The number of rotatable bonds is 8. The molecule has 0 bridgehead atoms. The molecule has 1 aromatic carbocycles. The van der Waals surface area contributed by atoms with Gasteiger partial charge in [0, 0.05) is 20.2 Å². The van der Waals surface area contributed by atoms with Crippen molar-refractivity contribution < 1.29 is 4.74 Å². The van der Waals surface area contributed by atoms with Crippen LogP contribution in [0.3, 0.4) is 0 Å². The molecule has 1 N–H and O–H groups in total. The van der Waals surface area contributed by atoms with Crippen molar-refractivity contribution in [2.45, 2.75) is 26.3 Å². The first-order chi connectivity index (χ1) is 9.33. The monoisotopic (exact) mass is 261 g/mol. The number of nitrogens with zero attached hydrogens (tertiary/aromatic N) is 2. The van der Waals surface area contributed by atoms with Crippen LogP contribution in [-0.2, 0) is 11.3 Å². The molecule has 0 amide bonds. The number of fused-ring (bicyclic) bond motifs is 1. The van der Waals surface area contributed by atoms with E-state index >= 15 is 0 Å². The molecule has 2 aromatic rings. The van der Waals surface area contributed by atoms with Gasteiger partial charge in [-0.05, 0) is 38.4 Å². The minimum atomic E-state index is 0.783. The molecule has 1 aromatic heterocycles. The summed E-state index contributed by atoms with van der Waals surface area (Å²) in [6, 6.07) is 8.34. The quantitative estimate of drug-likeness (QED) is 0.741. The third-order valence-corrected chi connectivity index (χ3v) is 3.31. The number of imidazole rings is 1. The first-order valence-corrected chi connectivity index (χ1v) is 6.94. The maximum atomic E-state index is 5.00. The van der Waals surface area contributed by atoms with Gasteiger partial charge in [-0.3, -0.25) is 0 Å². The molecule has 0 radical (unpaired) electrons. The SMILES string of the molecule is COCCNCCCCn1c(C)nc2ccccc21. The number of aromatic nitrogens is 2. The second kappa shape index (κ2) is 7.26. The molecule has 2 rings (SSSR count). The number of para-hydroxylation sites is 2. The van der Waals surface area contributed by atoms with Gasteiger partial charge in [-0.15, -0.1) is 0 Å². The minimum Gasteiger partial charge on any atom is -0.383 e. The van der Waals surface area contributed by atoms with Crippen molar-refractivity contribution in [1.82, 2.24) is 14.9 Å². The molecular formula is C15H23N3O. The molecule has 0 fully saturated rings. The predicted octanol–water partition coefficient (Wildman–Crippen LogP) is 2.36. The summed E-state index contributed by atoms with van der Waals surface area (Å²) in [6.07, 6.45) is 2.34. The van der Waals surface area contributed by atoms with E-state index in [4.69, 9.17) is 4.74 Å². The van der Waals surface area contributed by atoms with Gasteiger partial charge in [0.2, 0.25) is 0 Å². The summed E-state index contributed by atoms with van der Waals surface area (Å²) < 4.78 is 7.31. The summed E-state index contributed by atoms with van der Waals surface area (Å²) in [5.74, 6) is 1.11. The highest BCUT2D eigenvalue weighted by molar-refractivity contribution is 5.75. The van der Waals surface area contributed by atoms with Gasteiger partial charge < -0.3 is 14.6 Å². The largest absolute Gasteiger partial charge is 0.383 e. The fraction of sp³-hybridized carbons (Fsp3) is 0.533. The van der Waals surface area contributed by atoms with E-state index in [0.29, 0.717) is 0 Å². The first kappa shape index (κ1) is 14.0. The Kier molecular flexibility index (Phi) is 5.36. The molecule has 4 heteroatoms. The minimum absolute atomic E-state index is 0.783. The fourth-order valence-electron chi connectivity index (χ4n) is 2.30. The van der Waals surface area contributed by atoms with Crippen LogP contribution in [0.2, 0.25) is 0 Å². The predicted molar refractivity (Wildman–Crippen MR) is 78.4 cm³/mol. The lowest BCUT2D eigenvalue weighted by molar-refractivity contribution is 0.199. The number of hydrogen-bond donors (Lipinski definition) is 1. The Bertz CT molecular complexity index is 507. The molecule has 0 unspecified atom stereocenters. The van der Waals surface area contributed by atoms with Gasteiger partial charge in [0.05, 0.1) is 17.6 Å². The van der Waals surface area contributed by atoms with E-state index < -0.39 is 0 Å². The van der Waals surface area contributed by atoms with Crippen molar-refractivity contribution in [3.63, 3.8) is 0 Å². The van der Waals surface area contributed by atoms with E-state index in [1.165, 1.54) is 18.4 Å². The second-order valence-corrected chi connectivity index (χ2v) is 4.75. The van der Waals surface area contributed by atoms with Crippen molar-refractivity contribution in [2.75, 3.05) is 26.8 Å². The van der Waals surface area contributed by atoms with E-state index in [9.17, 15) is 0 Å². The summed E-state index contributed by atoms with van der Waals surface area (Å²) >= 11 is 0. The van der Waals surface area contributed by atoms with Crippen LogP contribution in [0.25, 0.3) is 11.0 Å². The Balaban J connectivity index is 1.80. The third kappa shape index (κ3) is 3.78. The first-order valence-electron chi connectivity index (χ1n) is 6.94. The number of methoxy groups -OCH3 is 1. The molecule has 104 valence electrons. The van der Waals surface area contributed by atoms with E-state index in [0.717, 1.165) is 37.6 Å². The van der Waals surface area contributed by atoms with Gasteiger partial charge in [0.1, 0.15) is 5.82 Å². The van der Waals surface area contributed by atoms with E-state index in [2.05, 4.69) is 40.0 Å². The van der Waals surface area contributed by atoms with E-state index in [-0.39, 0.29) is 0 Å². The fourth-order valence-corrected chi connectivity index (χ4v) is 2.30. The summed E-state index contributed by atoms with van der Waals surface area (Å²) in [5.41, 5.74) is 2.34. The highest BCUT2D eigenvalue weighted by atomic mass is 16.5. The number of hydrogen-bond acceptors (Lipinski definition) is 3. The molecule has 19 heavy (non-hydrogen) atoms. The van der Waals surface area contributed by atoms with Crippen molar-refractivity contribution in [3.05, 3.63) is 30.1 Å². The van der Waals surface area contributed by atoms with Crippen LogP contribution in [0.5, 0.6) is 0 Å². The Hall–Kier alpha value is -1.39. The second-order valence-electron chi connectivity index (χ2n) is 4.75. The van der Waals surface area contributed by atoms with Crippen LogP contribution >= 0.6 is 0 Å². The maximum Gasteiger partial charge on any atom is 0.106 e. The Morgan fingerprint density at radius 2 is 2.05 bits per heavy atom. The van der Waals surface area contributed by atoms with Gasteiger partial charge in [-0.1, -0.05) is 12.1 Å². The molecule has 0 aliphatic carbocycles. The van der Waals surface area contributed by atoms with Crippen molar-refractivity contribution in [3.8, 4) is 0 Å². The number of unbranched alkanes of at least 4 members (excludes halogenated alkanes) is 1. The smallest absolute Gasteiger partial charge is 0.106 e. The topological polar surface area (TPSA) is 39.1 Å². The summed E-state index contributed by atoms with van der Waals surface area (Å²) in [5, 5.41) is 3.37. The highest BCUT2D eigenvalue weighted by Crippen LogP contribution is 2.15. The maximum absolute atomic E-state index is 5.00. The van der Waals surface area contributed by atoms with E-state index in [1.807, 2.05) is 6.07 Å². The lowest BCUT2D eigenvalue weighted by atomic mass is 10.3. The molecule has 1 heterocycles. The zero-order chi connectivity index (χ0) is 13.5. The van der Waals surface area contributed by atoms with Gasteiger partial charge in [-0.25, -0.2) is 4.98 Å². The number of benzene rings is 1. The van der Waals surface area contributed by atoms with Crippen LogP contribution in [0, 0.1) is 6.92 Å². The van der Waals surface area contributed by atoms with Gasteiger partial charge in [0.15, 0.2) is 0 Å². The molecule has 0 aliphatic heterocycles. The highest BCUT2D eigenvalue weighted by Gasteiger charge is 2.05. The number of nitrogens with one attached hydrogen (secondary N) is 1. The van der Waals surface area contributed by atoms with Crippen molar-refractivity contribution in [1.29, 1.82) is 0 Å². The summed E-state index contributed by atoms with van der Waals surface area (Å²) in [4.78, 5) is 4.58. The summed E-state index contributed by atoms with van der Waals surface area (Å²) in [7, 11) is 1.73. The van der Waals surface area contributed by atoms with Crippen LogP contribution in [0.1, 0.15) is 18.7 Å². The Labute approximate surface area is 114 Å².